The summed E-state index contributed by atoms with van der Waals surface area (Å²) in [4.78, 5) is 17.5. The molecule has 0 saturated carbocycles. The van der Waals surface area contributed by atoms with Gasteiger partial charge in [-0.25, -0.2) is 4.98 Å². The summed E-state index contributed by atoms with van der Waals surface area (Å²) in [7, 11) is 1.79. The van der Waals surface area contributed by atoms with Crippen molar-refractivity contribution in [3.8, 4) is 5.75 Å². The Morgan fingerprint density at radius 2 is 2.18 bits per heavy atom. The zero-order valence-corrected chi connectivity index (χ0v) is 13.1. The summed E-state index contributed by atoms with van der Waals surface area (Å²) in [6, 6.07) is 7.99. The molecule has 0 aliphatic rings. The lowest BCUT2D eigenvalue weighted by atomic mass is 10.1. The molecule has 0 radical (unpaired) electrons. The van der Waals surface area contributed by atoms with Gasteiger partial charge in [0.25, 0.3) is 0 Å². The number of likely N-dealkylation sites (N-methyl/N-ethyl adjacent to an activating group) is 1. The van der Waals surface area contributed by atoms with E-state index in [1.807, 2.05) is 18.2 Å². The third-order valence-corrected chi connectivity index (χ3v) is 3.48. The number of carbonyl (C=O) groups is 1. The molecule has 22 heavy (non-hydrogen) atoms. The van der Waals surface area contributed by atoms with E-state index in [0.717, 1.165) is 12.2 Å². The molecule has 6 heteroatoms. The van der Waals surface area contributed by atoms with E-state index in [0.29, 0.717) is 26.1 Å². The van der Waals surface area contributed by atoms with Crippen LogP contribution in [-0.2, 0) is 17.8 Å². The minimum atomic E-state index is 0.0721. The standard InChI is InChI=1S/C16H22N4O2/c1-3-14-6-4-5-7-15(14)22-11-10-19(2)16(21)8-9-20-13-17-12-18-20/h4-7,12-13H,3,8-11H2,1-2H3. The molecule has 1 amide bonds. The number of aromatic nitrogens is 3. The van der Waals surface area contributed by atoms with Crippen LogP contribution in [0.4, 0.5) is 0 Å². The van der Waals surface area contributed by atoms with E-state index in [1.54, 1.807) is 23.0 Å². The van der Waals surface area contributed by atoms with E-state index in [2.05, 4.69) is 23.1 Å². The Morgan fingerprint density at radius 1 is 1.36 bits per heavy atom. The lowest BCUT2D eigenvalue weighted by Gasteiger charge is -2.18. The van der Waals surface area contributed by atoms with Gasteiger partial charge in [-0.3, -0.25) is 9.48 Å². The Hall–Kier alpha value is -2.37. The summed E-state index contributed by atoms with van der Waals surface area (Å²) in [5, 5.41) is 3.98. The number of ether oxygens (including phenoxy) is 1. The van der Waals surface area contributed by atoms with E-state index >= 15 is 0 Å². The van der Waals surface area contributed by atoms with Crippen molar-refractivity contribution in [2.75, 3.05) is 20.2 Å². The highest BCUT2D eigenvalue weighted by atomic mass is 16.5. The van der Waals surface area contributed by atoms with Crippen LogP contribution in [0, 0.1) is 0 Å². The van der Waals surface area contributed by atoms with Crippen LogP contribution in [0.15, 0.2) is 36.9 Å². The average Bonchev–Trinajstić information content (AvgIpc) is 3.06. The first-order valence-corrected chi connectivity index (χ1v) is 7.47. The number of hydrogen-bond acceptors (Lipinski definition) is 4. The largest absolute Gasteiger partial charge is 0.491 e. The van der Waals surface area contributed by atoms with E-state index in [4.69, 9.17) is 4.74 Å². The lowest BCUT2D eigenvalue weighted by molar-refractivity contribution is -0.130. The Morgan fingerprint density at radius 3 is 2.91 bits per heavy atom. The number of rotatable bonds is 8. The van der Waals surface area contributed by atoms with Crippen molar-refractivity contribution < 1.29 is 9.53 Å². The number of aryl methyl sites for hydroxylation is 2. The topological polar surface area (TPSA) is 60.2 Å². The van der Waals surface area contributed by atoms with E-state index in [9.17, 15) is 4.79 Å². The maximum atomic E-state index is 12.0. The van der Waals surface area contributed by atoms with Gasteiger partial charge in [0.1, 0.15) is 25.0 Å². The molecular weight excluding hydrogens is 280 g/mol. The maximum Gasteiger partial charge on any atom is 0.224 e. The fraction of sp³-hybridized carbons (Fsp3) is 0.438. The molecule has 0 saturated heterocycles. The van der Waals surface area contributed by atoms with Gasteiger partial charge in [0.15, 0.2) is 0 Å². The Kier molecular flexibility index (Phi) is 5.94. The van der Waals surface area contributed by atoms with Crippen LogP contribution in [0.5, 0.6) is 5.75 Å². The maximum absolute atomic E-state index is 12.0. The lowest BCUT2D eigenvalue weighted by Crippen LogP contribution is -2.31. The first-order valence-electron chi connectivity index (χ1n) is 7.47. The van der Waals surface area contributed by atoms with Gasteiger partial charge in [0, 0.05) is 13.5 Å². The molecule has 0 fully saturated rings. The predicted octanol–water partition coefficient (Wildman–Crippen LogP) is 1.77. The van der Waals surface area contributed by atoms with Gasteiger partial charge in [-0.1, -0.05) is 25.1 Å². The van der Waals surface area contributed by atoms with Gasteiger partial charge in [0.2, 0.25) is 5.91 Å². The molecule has 0 unspecified atom stereocenters. The molecule has 1 heterocycles. The van der Waals surface area contributed by atoms with Gasteiger partial charge in [-0.05, 0) is 18.1 Å². The molecule has 1 aromatic heterocycles. The van der Waals surface area contributed by atoms with Crippen LogP contribution in [0.3, 0.4) is 0 Å². The van der Waals surface area contributed by atoms with Gasteiger partial charge < -0.3 is 9.64 Å². The molecule has 0 spiro atoms. The minimum absolute atomic E-state index is 0.0721. The Labute approximate surface area is 130 Å². The smallest absolute Gasteiger partial charge is 0.224 e. The minimum Gasteiger partial charge on any atom is -0.491 e. The highest BCUT2D eigenvalue weighted by Crippen LogP contribution is 2.18. The third-order valence-electron chi connectivity index (χ3n) is 3.48. The molecule has 2 rings (SSSR count). The number of nitrogens with zero attached hydrogens (tertiary/aromatic N) is 4. The highest BCUT2D eigenvalue weighted by Gasteiger charge is 2.09. The highest BCUT2D eigenvalue weighted by molar-refractivity contribution is 5.75. The quantitative estimate of drug-likeness (QED) is 0.745. The molecular formula is C16H22N4O2. The fourth-order valence-corrected chi connectivity index (χ4v) is 2.10. The summed E-state index contributed by atoms with van der Waals surface area (Å²) in [5.41, 5.74) is 1.18. The Balaban J connectivity index is 1.72. The van der Waals surface area contributed by atoms with Crippen molar-refractivity contribution in [1.82, 2.24) is 19.7 Å². The molecule has 118 valence electrons. The summed E-state index contributed by atoms with van der Waals surface area (Å²) < 4.78 is 7.43. The van der Waals surface area contributed by atoms with Crippen molar-refractivity contribution >= 4 is 5.91 Å². The molecule has 0 atom stereocenters. The van der Waals surface area contributed by atoms with Crippen molar-refractivity contribution in [2.45, 2.75) is 26.3 Å². The zero-order valence-electron chi connectivity index (χ0n) is 13.1. The van der Waals surface area contributed by atoms with Crippen molar-refractivity contribution in [2.24, 2.45) is 0 Å². The molecule has 0 aliphatic carbocycles. The molecule has 1 aromatic carbocycles. The van der Waals surface area contributed by atoms with Crippen LogP contribution in [0.1, 0.15) is 18.9 Å². The summed E-state index contributed by atoms with van der Waals surface area (Å²) in [6.45, 7) is 3.70. The summed E-state index contributed by atoms with van der Waals surface area (Å²) in [6.07, 6.45) is 4.42. The zero-order chi connectivity index (χ0) is 15.8. The molecule has 2 aromatic rings. The second-order valence-corrected chi connectivity index (χ2v) is 5.03. The third kappa shape index (κ3) is 4.58. The SMILES string of the molecule is CCc1ccccc1OCCN(C)C(=O)CCn1cncn1. The molecule has 0 N–H and O–H groups in total. The Bertz CT molecular complexity index is 584. The summed E-state index contributed by atoms with van der Waals surface area (Å²) in [5.74, 6) is 0.969. The van der Waals surface area contributed by atoms with E-state index in [-0.39, 0.29) is 5.91 Å². The second-order valence-electron chi connectivity index (χ2n) is 5.03. The van der Waals surface area contributed by atoms with Crippen LogP contribution < -0.4 is 4.74 Å². The second kappa shape index (κ2) is 8.17. The first-order chi connectivity index (χ1) is 10.7. The number of benzene rings is 1. The number of para-hydroxylation sites is 1. The average molecular weight is 302 g/mol. The van der Waals surface area contributed by atoms with Crippen molar-refractivity contribution in [1.29, 1.82) is 0 Å². The summed E-state index contributed by atoms with van der Waals surface area (Å²) >= 11 is 0. The van der Waals surface area contributed by atoms with Crippen LogP contribution in [0.25, 0.3) is 0 Å². The van der Waals surface area contributed by atoms with Gasteiger partial charge in [-0.2, -0.15) is 5.10 Å². The predicted molar refractivity (Wildman–Crippen MR) is 83.6 cm³/mol. The first kappa shape index (κ1) is 16.0. The number of amides is 1. The number of hydrogen-bond donors (Lipinski definition) is 0. The monoisotopic (exact) mass is 302 g/mol. The van der Waals surface area contributed by atoms with E-state index < -0.39 is 0 Å². The van der Waals surface area contributed by atoms with Gasteiger partial charge in [0.05, 0.1) is 13.1 Å². The van der Waals surface area contributed by atoms with Crippen molar-refractivity contribution in [3.63, 3.8) is 0 Å². The van der Waals surface area contributed by atoms with Crippen molar-refractivity contribution in [3.05, 3.63) is 42.5 Å². The fourth-order valence-electron chi connectivity index (χ4n) is 2.10. The molecule has 0 bridgehead atoms. The van der Waals surface area contributed by atoms with Crippen LogP contribution >= 0.6 is 0 Å². The molecule has 0 aliphatic heterocycles. The number of carbonyl (C=O) groups excluding carboxylic acids is 1. The van der Waals surface area contributed by atoms with Gasteiger partial charge >= 0.3 is 0 Å². The van der Waals surface area contributed by atoms with E-state index in [1.165, 1.54) is 11.9 Å². The normalized spacial score (nSPS) is 10.5. The van der Waals surface area contributed by atoms with Crippen LogP contribution in [0.2, 0.25) is 0 Å². The molecule has 6 nitrogen and oxygen atoms in total. The van der Waals surface area contributed by atoms with Gasteiger partial charge in [-0.15, -0.1) is 0 Å². The van der Waals surface area contributed by atoms with Crippen LogP contribution in [-0.4, -0.2) is 45.8 Å².